The van der Waals surface area contributed by atoms with Crippen LogP contribution in [0.25, 0.3) is 0 Å². The number of amides is 1. The van der Waals surface area contributed by atoms with Gasteiger partial charge in [-0.15, -0.1) is 0 Å². The van der Waals surface area contributed by atoms with Crippen molar-refractivity contribution in [1.82, 2.24) is 5.32 Å². The Hall–Kier alpha value is -4.47. The van der Waals surface area contributed by atoms with E-state index in [0.29, 0.717) is 42.1 Å². The van der Waals surface area contributed by atoms with Gasteiger partial charge < -0.3 is 25.4 Å². The molecule has 0 aliphatic heterocycles. The summed E-state index contributed by atoms with van der Waals surface area (Å²) in [6, 6.07) is 12.9. The van der Waals surface area contributed by atoms with Gasteiger partial charge in [-0.2, -0.15) is 0 Å². The van der Waals surface area contributed by atoms with Crippen LogP contribution in [0.5, 0.6) is 11.5 Å². The van der Waals surface area contributed by atoms with E-state index in [-0.39, 0.29) is 6.42 Å². The average molecular weight is 666 g/mol. The van der Waals surface area contributed by atoms with E-state index < -0.39 is 48.1 Å². The summed E-state index contributed by atoms with van der Waals surface area (Å²) < 4.78 is 5.84. The number of benzene rings is 2. The Kier molecular flexibility index (Phi) is 18.3. The number of ether oxygens (including phenoxy) is 1. The quantitative estimate of drug-likeness (QED) is 0.0619. The summed E-state index contributed by atoms with van der Waals surface area (Å²) in [7, 11) is 0. The molecule has 2 aromatic carbocycles. The van der Waals surface area contributed by atoms with Gasteiger partial charge in [0.05, 0.1) is 18.3 Å². The topological polar surface area (TPSA) is 167 Å². The Morgan fingerprint density at radius 1 is 0.792 bits per heavy atom. The molecule has 1 amide bonds. The van der Waals surface area contributed by atoms with Crippen LogP contribution >= 0.6 is 0 Å². The van der Waals surface area contributed by atoms with E-state index >= 15 is 0 Å². The molecule has 0 radical (unpaired) electrons. The molecule has 3 atom stereocenters. The first-order valence-corrected chi connectivity index (χ1v) is 17.0. The van der Waals surface area contributed by atoms with Crippen molar-refractivity contribution in [2.24, 2.45) is 11.8 Å². The molecule has 0 aliphatic rings. The van der Waals surface area contributed by atoms with Crippen LogP contribution in [-0.2, 0) is 30.4 Å². The van der Waals surface area contributed by atoms with E-state index in [1.165, 1.54) is 25.3 Å². The summed E-state index contributed by atoms with van der Waals surface area (Å²) in [6.07, 6.45) is 12.7. The zero-order valence-electron chi connectivity index (χ0n) is 28.2. The number of nitrogens with one attached hydrogen (secondary N) is 1. The van der Waals surface area contributed by atoms with Crippen molar-refractivity contribution in [3.8, 4) is 11.5 Å². The molecular weight excluding hydrogens is 614 g/mol. The number of carbonyl (C=O) groups is 5. The number of ketones is 1. The van der Waals surface area contributed by atoms with Gasteiger partial charge in [0, 0.05) is 19.3 Å². The highest BCUT2D eigenvalue weighted by Crippen LogP contribution is 2.24. The standard InChI is InChI=1S/C38H51NO9/c1-3-4-5-8-11-16-29(40)17-12-9-6-7-10-13-19-32(33(37(44)45)26-35(41)42)36(43)39-34(38(46)47)25-28-20-22-30(23-21-28)48-31-18-14-15-27(2)24-31/h13-15,18-24,32-34H,3-12,16-17,25-26H2,1-2H3,(H,39,43)(H,41,42)(H,44,45)(H,46,47)/b19-13+/t32-,33+,34-/m0/s1. The van der Waals surface area contributed by atoms with E-state index in [1.54, 1.807) is 30.3 Å². The molecule has 0 aromatic heterocycles. The zero-order chi connectivity index (χ0) is 35.3. The molecule has 48 heavy (non-hydrogen) atoms. The van der Waals surface area contributed by atoms with Crippen molar-refractivity contribution in [2.75, 3.05) is 0 Å². The number of allylic oxidation sites excluding steroid dienone is 1. The fourth-order valence-corrected chi connectivity index (χ4v) is 5.40. The van der Waals surface area contributed by atoms with Crippen LogP contribution in [0.4, 0.5) is 0 Å². The highest BCUT2D eigenvalue weighted by Gasteiger charge is 2.35. The van der Waals surface area contributed by atoms with Gasteiger partial charge >= 0.3 is 17.9 Å². The Morgan fingerprint density at radius 3 is 2.02 bits per heavy atom. The van der Waals surface area contributed by atoms with Gasteiger partial charge in [-0.05, 0) is 68.0 Å². The summed E-state index contributed by atoms with van der Waals surface area (Å²) in [6.45, 7) is 4.11. The summed E-state index contributed by atoms with van der Waals surface area (Å²) in [4.78, 5) is 61.0. The highest BCUT2D eigenvalue weighted by atomic mass is 16.5. The number of Topliss-reactive ketones (excluding diaryl/α,β-unsaturated/α-hetero) is 1. The third kappa shape index (κ3) is 15.9. The van der Waals surface area contributed by atoms with E-state index in [2.05, 4.69) is 12.2 Å². The Labute approximate surface area is 283 Å². The van der Waals surface area contributed by atoms with Crippen molar-refractivity contribution in [3.05, 3.63) is 71.8 Å². The Morgan fingerprint density at radius 2 is 1.44 bits per heavy atom. The minimum atomic E-state index is -1.58. The van der Waals surface area contributed by atoms with Crippen LogP contribution in [0.2, 0.25) is 0 Å². The summed E-state index contributed by atoms with van der Waals surface area (Å²) in [5.74, 6) is -6.51. The third-order valence-corrected chi connectivity index (χ3v) is 8.13. The maximum absolute atomic E-state index is 13.3. The molecule has 10 heteroatoms. The van der Waals surface area contributed by atoms with Crippen molar-refractivity contribution < 1.29 is 44.0 Å². The molecule has 0 spiro atoms. The van der Waals surface area contributed by atoms with Crippen molar-refractivity contribution in [2.45, 2.75) is 110 Å². The molecule has 2 rings (SSSR count). The lowest BCUT2D eigenvalue weighted by molar-refractivity contribution is -0.152. The second kappa shape index (κ2) is 22.2. The van der Waals surface area contributed by atoms with Crippen LogP contribution in [0.1, 0.15) is 102 Å². The largest absolute Gasteiger partial charge is 0.481 e. The number of unbranched alkanes of at least 4 members (excludes halogenated alkanes) is 8. The fourth-order valence-electron chi connectivity index (χ4n) is 5.40. The summed E-state index contributed by atoms with van der Waals surface area (Å²) in [5, 5.41) is 31.4. The maximum atomic E-state index is 13.3. The van der Waals surface area contributed by atoms with Gasteiger partial charge in [0.2, 0.25) is 5.91 Å². The number of carboxylic acid groups (broad SMARTS) is 3. The molecule has 2 aromatic rings. The maximum Gasteiger partial charge on any atom is 0.326 e. The SMILES string of the molecule is CCCCCCCC(=O)CCCCCC/C=C/[C@H](C(=O)N[C@@H](Cc1ccc(Oc2cccc(C)c2)cc1)C(=O)O)[C@@H](CC(=O)O)C(=O)O. The lowest BCUT2D eigenvalue weighted by Gasteiger charge is -2.22. The Balaban J connectivity index is 1.95. The fraction of sp³-hybridized carbons (Fsp3) is 0.500. The highest BCUT2D eigenvalue weighted by molar-refractivity contribution is 5.91. The van der Waals surface area contributed by atoms with Crippen LogP contribution < -0.4 is 10.1 Å². The molecule has 0 aliphatic carbocycles. The van der Waals surface area contributed by atoms with Crippen molar-refractivity contribution >= 4 is 29.6 Å². The number of carboxylic acids is 3. The van der Waals surface area contributed by atoms with Crippen LogP contribution in [0, 0.1) is 18.8 Å². The molecule has 4 N–H and O–H groups in total. The number of carbonyl (C=O) groups excluding carboxylic acids is 2. The molecule has 262 valence electrons. The van der Waals surface area contributed by atoms with Crippen LogP contribution in [0.15, 0.2) is 60.7 Å². The second-order valence-corrected chi connectivity index (χ2v) is 12.3. The van der Waals surface area contributed by atoms with E-state index in [0.717, 1.165) is 44.1 Å². The second-order valence-electron chi connectivity index (χ2n) is 12.3. The average Bonchev–Trinajstić information content (AvgIpc) is 3.03. The molecule has 0 bridgehead atoms. The van der Waals surface area contributed by atoms with Gasteiger partial charge in [0.1, 0.15) is 23.3 Å². The molecule has 0 heterocycles. The van der Waals surface area contributed by atoms with Gasteiger partial charge in [-0.3, -0.25) is 19.2 Å². The number of rotatable bonds is 25. The minimum absolute atomic E-state index is 0.0831. The molecule has 0 saturated heterocycles. The molecule has 0 unspecified atom stereocenters. The smallest absolute Gasteiger partial charge is 0.326 e. The molecular formula is C38H51NO9. The molecule has 0 fully saturated rings. The van der Waals surface area contributed by atoms with Gasteiger partial charge in [0.25, 0.3) is 0 Å². The first-order chi connectivity index (χ1) is 23.0. The van der Waals surface area contributed by atoms with Gasteiger partial charge in [-0.1, -0.05) is 81.9 Å². The lowest BCUT2D eigenvalue weighted by atomic mass is 9.87. The summed E-state index contributed by atoms with van der Waals surface area (Å²) in [5.41, 5.74) is 1.63. The number of aliphatic carboxylic acids is 3. The van der Waals surface area contributed by atoms with Crippen molar-refractivity contribution in [3.63, 3.8) is 0 Å². The zero-order valence-corrected chi connectivity index (χ0v) is 28.2. The summed E-state index contributed by atoms with van der Waals surface area (Å²) >= 11 is 0. The Bertz CT molecular complexity index is 1350. The van der Waals surface area contributed by atoms with Crippen molar-refractivity contribution in [1.29, 1.82) is 0 Å². The lowest BCUT2D eigenvalue weighted by Crippen LogP contribution is -2.47. The van der Waals surface area contributed by atoms with Gasteiger partial charge in [-0.25, -0.2) is 4.79 Å². The number of hydrogen-bond acceptors (Lipinski definition) is 6. The predicted octanol–water partition coefficient (Wildman–Crippen LogP) is 7.52. The number of aryl methyl sites for hydroxylation is 1. The first-order valence-electron chi connectivity index (χ1n) is 17.0. The minimum Gasteiger partial charge on any atom is -0.481 e. The third-order valence-electron chi connectivity index (χ3n) is 8.13. The van der Waals surface area contributed by atoms with E-state index in [4.69, 9.17) is 4.74 Å². The van der Waals surface area contributed by atoms with Crippen LogP contribution in [-0.4, -0.2) is 51.0 Å². The van der Waals surface area contributed by atoms with Gasteiger partial charge in [0.15, 0.2) is 0 Å². The molecule has 0 saturated carbocycles. The molecule has 10 nitrogen and oxygen atoms in total. The van der Waals surface area contributed by atoms with E-state index in [1.807, 2.05) is 31.2 Å². The normalized spacial score (nSPS) is 13.0. The monoisotopic (exact) mass is 665 g/mol. The first kappa shape index (κ1) is 39.7. The van der Waals surface area contributed by atoms with E-state index in [9.17, 15) is 39.3 Å². The number of hydrogen-bond donors (Lipinski definition) is 4. The van der Waals surface area contributed by atoms with Crippen LogP contribution in [0.3, 0.4) is 0 Å². The predicted molar refractivity (Wildman–Crippen MR) is 183 cm³/mol.